The van der Waals surface area contributed by atoms with Gasteiger partial charge in [0.25, 0.3) is 0 Å². The predicted molar refractivity (Wildman–Crippen MR) is 127 cm³/mol. The van der Waals surface area contributed by atoms with Crippen LogP contribution in [0, 0.1) is 6.92 Å². The van der Waals surface area contributed by atoms with Crippen LogP contribution in [0.25, 0.3) is 0 Å². The van der Waals surface area contributed by atoms with E-state index in [1.807, 2.05) is 54.6 Å². The zero-order valence-electron chi connectivity index (χ0n) is 20.0. The van der Waals surface area contributed by atoms with Gasteiger partial charge in [-0.3, -0.25) is 9.59 Å². The lowest BCUT2D eigenvalue weighted by atomic mass is 9.95. The van der Waals surface area contributed by atoms with E-state index in [-0.39, 0.29) is 18.9 Å². The molecule has 35 heavy (non-hydrogen) atoms. The van der Waals surface area contributed by atoms with Gasteiger partial charge >= 0.3 is 5.76 Å². The van der Waals surface area contributed by atoms with Gasteiger partial charge < -0.3 is 14.6 Å². The Hall–Kier alpha value is -3.75. The van der Waals surface area contributed by atoms with Crippen molar-refractivity contribution in [3.63, 3.8) is 0 Å². The van der Waals surface area contributed by atoms with Crippen LogP contribution in [0.5, 0.6) is 0 Å². The van der Waals surface area contributed by atoms with E-state index in [1.54, 1.807) is 0 Å². The molecule has 3 aromatic rings. The number of carbonyl (C=O) groups is 2. The standard InChI is InChI=1S/C26H29FN4O4/c1-16(2)18-9-11-20(12-10-18)24(19-7-5-4-6-8-19)28-25(33)22-13-21(27)14-30(22)23(32)15-31-26(34)35-17(3)29-31/h4-12,16,21-22,24H,13-15H2,1-3H3,(H,28,33)/t21-,22+,24+/m1/s1. The summed E-state index contributed by atoms with van der Waals surface area (Å²) >= 11 is 0. The lowest BCUT2D eigenvalue weighted by Gasteiger charge is -2.27. The van der Waals surface area contributed by atoms with Gasteiger partial charge in [-0.2, -0.15) is 4.68 Å². The summed E-state index contributed by atoms with van der Waals surface area (Å²) in [6, 6.07) is 16.0. The van der Waals surface area contributed by atoms with Crippen molar-refractivity contribution < 1.29 is 18.4 Å². The van der Waals surface area contributed by atoms with Crippen LogP contribution in [-0.2, 0) is 16.1 Å². The van der Waals surface area contributed by atoms with Gasteiger partial charge in [0.1, 0.15) is 18.8 Å². The molecule has 2 heterocycles. The quantitative estimate of drug-likeness (QED) is 0.561. The molecule has 0 bridgehead atoms. The fourth-order valence-electron chi connectivity index (χ4n) is 4.35. The molecule has 2 aromatic carbocycles. The topological polar surface area (TPSA) is 97.4 Å². The van der Waals surface area contributed by atoms with Crippen molar-refractivity contribution in [3.8, 4) is 0 Å². The molecule has 3 atom stereocenters. The smallest absolute Gasteiger partial charge is 0.393 e. The Morgan fingerprint density at radius 2 is 1.71 bits per heavy atom. The zero-order valence-corrected chi connectivity index (χ0v) is 20.0. The Morgan fingerprint density at radius 3 is 2.31 bits per heavy atom. The van der Waals surface area contributed by atoms with Crippen LogP contribution in [0.1, 0.15) is 54.8 Å². The highest BCUT2D eigenvalue weighted by Gasteiger charge is 2.40. The number of carbonyl (C=O) groups excluding carboxylic acids is 2. The molecule has 1 saturated heterocycles. The highest BCUT2D eigenvalue weighted by Crippen LogP contribution is 2.27. The van der Waals surface area contributed by atoms with Crippen LogP contribution < -0.4 is 11.1 Å². The summed E-state index contributed by atoms with van der Waals surface area (Å²) in [7, 11) is 0. The second-order valence-electron chi connectivity index (χ2n) is 9.11. The highest BCUT2D eigenvalue weighted by molar-refractivity contribution is 5.88. The first-order valence-electron chi connectivity index (χ1n) is 11.7. The van der Waals surface area contributed by atoms with Crippen molar-refractivity contribution in [1.82, 2.24) is 20.0 Å². The number of nitrogens with zero attached hydrogens (tertiary/aromatic N) is 3. The molecule has 1 N–H and O–H groups in total. The van der Waals surface area contributed by atoms with Crippen LogP contribution in [0.15, 0.2) is 63.8 Å². The first kappa shape index (κ1) is 24.4. The number of amides is 2. The maximum atomic E-state index is 14.4. The van der Waals surface area contributed by atoms with Gasteiger partial charge in [-0.1, -0.05) is 68.4 Å². The molecule has 184 valence electrons. The second-order valence-corrected chi connectivity index (χ2v) is 9.11. The molecule has 0 unspecified atom stereocenters. The number of halogens is 1. The van der Waals surface area contributed by atoms with Gasteiger partial charge in [0.2, 0.25) is 17.7 Å². The number of benzene rings is 2. The van der Waals surface area contributed by atoms with E-state index in [0.29, 0.717) is 5.92 Å². The zero-order chi connectivity index (χ0) is 25.1. The Morgan fingerprint density at radius 1 is 1.09 bits per heavy atom. The highest BCUT2D eigenvalue weighted by atomic mass is 19.1. The third kappa shape index (κ3) is 5.50. The Kier molecular flexibility index (Phi) is 7.14. The summed E-state index contributed by atoms with van der Waals surface area (Å²) in [4.78, 5) is 39.3. The molecule has 9 heteroatoms. The van der Waals surface area contributed by atoms with Crippen molar-refractivity contribution >= 4 is 11.8 Å². The molecule has 1 fully saturated rings. The second kappa shape index (κ2) is 10.2. The minimum atomic E-state index is -1.34. The average molecular weight is 481 g/mol. The van der Waals surface area contributed by atoms with Crippen molar-refractivity contribution in [2.75, 3.05) is 6.54 Å². The third-order valence-electron chi connectivity index (χ3n) is 6.22. The van der Waals surface area contributed by atoms with Gasteiger partial charge in [0.05, 0.1) is 12.6 Å². The van der Waals surface area contributed by atoms with Gasteiger partial charge in [-0.25, -0.2) is 9.18 Å². The van der Waals surface area contributed by atoms with E-state index < -0.39 is 42.4 Å². The fraction of sp³-hybridized carbons (Fsp3) is 0.385. The number of aryl methyl sites for hydroxylation is 1. The summed E-state index contributed by atoms with van der Waals surface area (Å²) in [6.45, 7) is 5.06. The van der Waals surface area contributed by atoms with Gasteiger partial charge in [-0.05, 0) is 22.6 Å². The molecule has 0 saturated carbocycles. The molecule has 2 amide bonds. The van der Waals surface area contributed by atoms with Crippen LogP contribution >= 0.6 is 0 Å². The minimum Gasteiger partial charge on any atom is -0.393 e. The molecule has 8 nitrogen and oxygen atoms in total. The summed E-state index contributed by atoms with van der Waals surface area (Å²) < 4.78 is 20.1. The monoisotopic (exact) mass is 480 g/mol. The first-order valence-corrected chi connectivity index (χ1v) is 11.7. The van der Waals surface area contributed by atoms with Crippen molar-refractivity contribution in [2.24, 2.45) is 0 Å². The Labute approximate surface area is 202 Å². The average Bonchev–Trinajstić information content (AvgIpc) is 3.39. The van der Waals surface area contributed by atoms with Crippen molar-refractivity contribution in [2.45, 2.75) is 57.9 Å². The number of hydrogen-bond donors (Lipinski definition) is 1. The summed E-state index contributed by atoms with van der Waals surface area (Å²) in [5.41, 5.74) is 2.93. The molecular formula is C26H29FN4O4. The normalized spacial score (nSPS) is 18.6. The molecule has 1 aliphatic heterocycles. The van der Waals surface area contributed by atoms with Crippen molar-refractivity contribution in [1.29, 1.82) is 0 Å². The molecule has 4 rings (SSSR count). The van der Waals surface area contributed by atoms with E-state index in [9.17, 15) is 18.8 Å². The molecule has 1 aromatic heterocycles. The van der Waals surface area contributed by atoms with E-state index in [0.717, 1.165) is 15.8 Å². The summed E-state index contributed by atoms with van der Waals surface area (Å²) in [5.74, 6) is -1.31. The van der Waals surface area contributed by atoms with Crippen LogP contribution in [-0.4, -0.2) is 45.3 Å². The number of likely N-dealkylation sites (tertiary alicyclic amines) is 1. The van der Waals surface area contributed by atoms with Gasteiger partial charge in [-0.15, -0.1) is 5.10 Å². The number of hydrogen-bond acceptors (Lipinski definition) is 5. The third-order valence-corrected chi connectivity index (χ3v) is 6.22. The number of nitrogens with one attached hydrogen (secondary N) is 1. The van der Waals surface area contributed by atoms with Crippen LogP contribution in [0.2, 0.25) is 0 Å². The van der Waals surface area contributed by atoms with Crippen LogP contribution in [0.3, 0.4) is 0 Å². The van der Waals surface area contributed by atoms with E-state index in [2.05, 4.69) is 24.3 Å². The first-order chi connectivity index (χ1) is 16.7. The molecule has 0 spiro atoms. The summed E-state index contributed by atoms with van der Waals surface area (Å²) in [6.07, 6.45) is -1.45. The number of aromatic nitrogens is 2. The lowest BCUT2D eigenvalue weighted by molar-refractivity contribution is -0.139. The van der Waals surface area contributed by atoms with Crippen LogP contribution in [0.4, 0.5) is 4.39 Å². The summed E-state index contributed by atoms with van der Waals surface area (Å²) in [5, 5.41) is 6.88. The number of alkyl halides is 1. The van der Waals surface area contributed by atoms with E-state index in [4.69, 9.17) is 4.42 Å². The predicted octanol–water partition coefficient (Wildman–Crippen LogP) is 3.11. The van der Waals surface area contributed by atoms with Gasteiger partial charge in [0.15, 0.2) is 0 Å². The van der Waals surface area contributed by atoms with Gasteiger partial charge in [0, 0.05) is 13.3 Å². The SMILES string of the molecule is Cc1nn(CC(=O)N2C[C@H](F)C[C@H]2C(=O)N[C@@H](c2ccccc2)c2ccc(C(C)C)cc2)c(=O)o1. The van der Waals surface area contributed by atoms with Crippen molar-refractivity contribution in [3.05, 3.63) is 87.7 Å². The number of rotatable bonds is 7. The minimum absolute atomic E-state index is 0.113. The van der Waals surface area contributed by atoms with E-state index in [1.165, 1.54) is 17.4 Å². The lowest BCUT2D eigenvalue weighted by Crippen LogP contribution is -2.48. The Balaban J connectivity index is 1.56. The molecule has 0 radical (unpaired) electrons. The molecular weight excluding hydrogens is 451 g/mol. The maximum Gasteiger partial charge on any atom is 0.437 e. The molecule has 1 aliphatic rings. The van der Waals surface area contributed by atoms with E-state index >= 15 is 0 Å². The maximum absolute atomic E-state index is 14.4. The Bertz CT molecular complexity index is 1240. The molecule has 0 aliphatic carbocycles. The fourth-order valence-corrected chi connectivity index (χ4v) is 4.35. The largest absolute Gasteiger partial charge is 0.437 e.